The second-order valence-electron chi connectivity index (χ2n) is 6.76. The molecule has 154 valence electrons. The number of fused-ring (bicyclic) bond motifs is 1. The second-order valence-corrected chi connectivity index (χ2v) is 6.76. The predicted octanol–water partition coefficient (Wildman–Crippen LogP) is 3.11. The number of methoxy groups -OCH3 is 2. The van der Waals surface area contributed by atoms with Crippen molar-refractivity contribution in [1.29, 1.82) is 0 Å². The highest BCUT2D eigenvalue weighted by molar-refractivity contribution is 5.86. The highest BCUT2D eigenvalue weighted by Crippen LogP contribution is 2.37. The first kappa shape index (κ1) is 20.4. The Morgan fingerprint density at radius 1 is 1.14 bits per heavy atom. The zero-order valence-electron chi connectivity index (χ0n) is 17.3. The Bertz CT molecular complexity index is 985. The van der Waals surface area contributed by atoms with E-state index in [-0.39, 0.29) is 5.75 Å². The van der Waals surface area contributed by atoms with Crippen LogP contribution in [0.25, 0.3) is 10.9 Å². The van der Waals surface area contributed by atoms with Gasteiger partial charge in [-0.3, -0.25) is 4.99 Å². The number of nitrogens with one attached hydrogen (secondary N) is 3. The third-order valence-electron chi connectivity index (χ3n) is 4.92. The molecule has 2 aromatic carbocycles. The van der Waals surface area contributed by atoms with Crippen molar-refractivity contribution >= 4 is 16.9 Å². The Hall–Kier alpha value is -3.35. The largest absolute Gasteiger partial charge is 0.502 e. The molecule has 29 heavy (non-hydrogen) atoms. The summed E-state index contributed by atoms with van der Waals surface area (Å²) in [5.41, 5.74) is 4.63. The van der Waals surface area contributed by atoms with Gasteiger partial charge < -0.3 is 30.2 Å². The number of aromatic amines is 1. The molecule has 4 N–H and O–H groups in total. The van der Waals surface area contributed by atoms with E-state index < -0.39 is 0 Å². The number of hydrogen-bond acceptors (Lipinski definition) is 4. The first-order valence-electron chi connectivity index (χ1n) is 9.51. The lowest BCUT2D eigenvalue weighted by Crippen LogP contribution is -2.37. The molecule has 1 heterocycles. The number of phenolic OH excluding ortho intramolecular Hbond substituents is 1. The average molecular weight is 396 g/mol. The van der Waals surface area contributed by atoms with Crippen LogP contribution in [0.15, 0.2) is 41.5 Å². The van der Waals surface area contributed by atoms with E-state index in [1.807, 2.05) is 0 Å². The molecule has 3 aromatic rings. The van der Waals surface area contributed by atoms with Crippen molar-refractivity contribution in [3.8, 4) is 17.2 Å². The van der Waals surface area contributed by atoms with E-state index in [9.17, 15) is 5.11 Å². The standard InChI is InChI=1S/C22H28N4O3/c1-14-6-5-7-17-16(13-25-20(14)17)8-9-24-22(23-2)26-12-15-10-18(28-3)21(27)19(11-15)29-4/h5-7,10-11,13,25,27H,8-9,12H2,1-4H3,(H2,23,24,26). The predicted molar refractivity (Wildman–Crippen MR) is 116 cm³/mol. The van der Waals surface area contributed by atoms with E-state index >= 15 is 0 Å². The molecule has 0 aliphatic carbocycles. The maximum Gasteiger partial charge on any atom is 0.200 e. The van der Waals surface area contributed by atoms with Crippen LogP contribution in [0.3, 0.4) is 0 Å². The number of guanidine groups is 1. The van der Waals surface area contributed by atoms with Gasteiger partial charge in [0.1, 0.15) is 0 Å². The van der Waals surface area contributed by atoms with E-state index in [4.69, 9.17) is 9.47 Å². The first-order chi connectivity index (χ1) is 14.1. The SMILES string of the molecule is CN=C(NCCc1c[nH]c2c(C)cccc12)NCc1cc(OC)c(O)c(OC)c1. The molecular formula is C22H28N4O3. The van der Waals surface area contributed by atoms with Crippen molar-refractivity contribution in [2.24, 2.45) is 4.99 Å². The van der Waals surface area contributed by atoms with Crippen molar-refractivity contribution in [2.45, 2.75) is 19.9 Å². The molecule has 0 unspecified atom stereocenters. The summed E-state index contributed by atoms with van der Waals surface area (Å²) >= 11 is 0. The molecule has 0 aliphatic rings. The van der Waals surface area contributed by atoms with Gasteiger partial charge in [0.25, 0.3) is 0 Å². The Morgan fingerprint density at radius 2 is 1.86 bits per heavy atom. The number of phenols is 1. The highest BCUT2D eigenvalue weighted by Gasteiger charge is 2.11. The van der Waals surface area contributed by atoms with Crippen LogP contribution >= 0.6 is 0 Å². The molecule has 0 fully saturated rings. The van der Waals surface area contributed by atoms with E-state index in [1.54, 1.807) is 19.2 Å². The fourth-order valence-corrected chi connectivity index (χ4v) is 3.34. The van der Waals surface area contributed by atoms with Gasteiger partial charge >= 0.3 is 0 Å². The van der Waals surface area contributed by atoms with Crippen molar-refractivity contribution in [2.75, 3.05) is 27.8 Å². The van der Waals surface area contributed by atoms with Crippen molar-refractivity contribution in [3.63, 3.8) is 0 Å². The molecule has 3 rings (SSSR count). The van der Waals surface area contributed by atoms with Crippen LogP contribution in [0.5, 0.6) is 17.2 Å². The first-order valence-corrected chi connectivity index (χ1v) is 9.51. The quantitative estimate of drug-likeness (QED) is 0.364. The van der Waals surface area contributed by atoms with Crippen LogP contribution in [0.1, 0.15) is 16.7 Å². The summed E-state index contributed by atoms with van der Waals surface area (Å²) in [6.45, 7) is 3.38. The van der Waals surface area contributed by atoms with E-state index in [2.05, 4.69) is 51.9 Å². The van der Waals surface area contributed by atoms with Gasteiger partial charge in [0.2, 0.25) is 5.75 Å². The lowest BCUT2D eigenvalue weighted by atomic mass is 10.1. The van der Waals surface area contributed by atoms with Crippen LogP contribution < -0.4 is 20.1 Å². The molecule has 7 heteroatoms. The fourth-order valence-electron chi connectivity index (χ4n) is 3.34. The summed E-state index contributed by atoms with van der Waals surface area (Å²) in [7, 11) is 4.76. The molecule has 0 saturated heterocycles. The third-order valence-corrected chi connectivity index (χ3v) is 4.92. The normalized spacial score (nSPS) is 11.5. The minimum Gasteiger partial charge on any atom is -0.502 e. The molecule has 0 aliphatic heterocycles. The summed E-state index contributed by atoms with van der Waals surface area (Å²) in [6.07, 6.45) is 2.95. The number of H-pyrrole nitrogens is 1. The zero-order chi connectivity index (χ0) is 20.8. The van der Waals surface area contributed by atoms with Crippen LogP contribution in [0.4, 0.5) is 0 Å². The zero-order valence-corrected chi connectivity index (χ0v) is 17.3. The number of hydrogen-bond donors (Lipinski definition) is 4. The molecular weight excluding hydrogens is 368 g/mol. The summed E-state index contributed by atoms with van der Waals surface area (Å²) < 4.78 is 10.4. The molecule has 0 radical (unpaired) electrons. The van der Waals surface area contributed by atoms with Gasteiger partial charge in [-0.2, -0.15) is 0 Å². The minimum atomic E-state index is -0.00442. The van der Waals surface area contributed by atoms with Gasteiger partial charge in [-0.25, -0.2) is 0 Å². The van der Waals surface area contributed by atoms with Gasteiger partial charge in [0, 0.05) is 37.2 Å². The molecule has 0 spiro atoms. The highest BCUT2D eigenvalue weighted by atomic mass is 16.5. The Kier molecular flexibility index (Phi) is 6.49. The lowest BCUT2D eigenvalue weighted by Gasteiger charge is -2.14. The van der Waals surface area contributed by atoms with Gasteiger partial charge in [-0.15, -0.1) is 0 Å². The number of aromatic nitrogens is 1. The second kappa shape index (κ2) is 9.23. The number of benzene rings is 2. The molecule has 7 nitrogen and oxygen atoms in total. The molecule has 0 atom stereocenters. The fraction of sp³-hybridized carbons (Fsp3) is 0.318. The van der Waals surface area contributed by atoms with Crippen LogP contribution in [-0.2, 0) is 13.0 Å². The molecule has 1 aromatic heterocycles. The maximum absolute atomic E-state index is 10.0. The van der Waals surface area contributed by atoms with Crippen molar-refractivity contribution in [1.82, 2.24) is 15.6 Å². The molecule has 0 amide bonds. The number of nitrogens with zero attached hydrogens (tertiary/aromatic N) is 1. The van der Waals surface area contributed by atoms with Gasteiger partial charge in [0.05, 0.1) is 14.2 Å². The summed E-state index contributed by atoms with van der Waals surface area (Å²) in [5.74, 6) is 1.44. The smallest absolute Gasteiger partial charge is 0.200 e. The van der Waals surface area contributed by atoms with Gasteiger partial charge in [-0.05, 0) is 42.2 Å². The Morgan fingerprint density at radius 3 is 2.52 bits per heavy atom. The van der Waals surface area contributed by atoms with Crippen molar-refractivity contribution in [3.05, 3.63) is 53.2 Å². The number of rotatable bonds is 7. The molecule has 0 bridgehead atoms. The molecule has 0 saturated carbocycles. The van der Waals surface area contributed by atoms with Crippen LogP contribution in [0, 0.1) is 6.92 Å². The van der Waals surface area contributed by atoms with E-state index in [0.29, 0.717) is 24.0 Å². The maximum atomic E-state index is 10.0. The number of ether oxygens (including phenoxy) is 2. The summed E-state index contributed by atoms with van der Waals surface area (Å²) in [5, 5.41) is 17.9. The minimum absolute atomic E-state index is 0.00442. The van der Waals surface area contributed by atoms with Gasteiger partial charge in [0.15, 0.2) is 17.5 Å². The Labute approximate surface area is 170 Å². The third kappa shape index (κ3) is 4.56. The number of aromatic hydroxyl groups is 1. The van der Waals surface area contributed by atoms with Crippen LogP contribution in [-0.4, -0.2) is 43.9 Å². The van der Waals surface area contributed by atoms with Crippen LogP contribution in [0.2, 0.25) is 0 Å². The van der Waals surface area contributed by atoms with E-state index in [1.165, 1.54) is 36.2 Å². The Balaban J connectivity index is 1.58. The van der Waals surface area contributed by atoms with Crippen molar-refractivity contribution < 1.29 is 14.6 Å². The topological polar surface area (TPSA) is 90.9 Å². The van der Waals surface area contributed by atoms with E-state index in [0.717, 1.165) is 18.5 Å². The lowest BCUT2D eigenvalue weighted by molar-refractivity contribution is 0.339. The number of aliphatic imine (C=N–C) groups is 1. The number of aryl methyl sites for hydroxylation is 1. The summed E-state index contributed by atoms with van der Waals surface area (Å²) in [6, 6.07) is 9.88. The van der Waals surface area contributed by atoms with Gasteiger partial charge in [-0.1, -0.05) is 18.2 Å². The summed E-state index contributed by atoms with van der Waals surface area (Å²) in [4.78, 5) is 7.64. The number of para-hydroxylation sites is 1. The monoisotopic (exact) mass is 396 g/mol. The average Bonchev–Trinajstić information content (AvgIpc) is 3.15.